The van der Waals surface area contributed by atoms with Crippen LogP contribution in [-0.2, 0) is 16.0 Å². The number of thiazole rings is 1. The van der Waals surface area contributed by atoms with Crippen LogP contribution in [0, 0.1) is 19.7 Å². The Morgan fingerprint density at radius 2 is 1.93 bits per heavy atom. The van der Waals surface area contributed by atoms with Gasteiger partial charge < -0.3 is 4.74 Å². The predicted octanol–water partition coefficient (Wildman–Crippen LogP) is 3.96. The number of benzene rings is 2. The van der Waals surface area contributed by atoms with Crippen LogP contribution >= 0.6 is 11.3 Å². The van der Waals surface area contributed by atoms with Gasteiger partial charge in [0.15, 0.2) is 5.13 Å². The molecule has 3 aromatic rings. The van der Waals surface area contributed by atoms with Gasteiger partial charge in [-0.2, -0.15) is 0 Å². The van der Waals surface area contributed by atoms with Crippen LogP contribution in [0.5, 0.6) is 0 Å². The highest BCUT2D eigenvalue weighted by Crippen LogP contribution is 2.32. The summed E-state index contributed by atoms with van der Waals surface area (Å²) in [4.78, 5) is 22.2. The van der Waals surface area contributed by atoms with Crippen molar-refractivity contribution in [2.45, 2.75) is 20.3 Å². The second-order valence-electron chi connectivity index (χ2n) is 7.73. The fraction of sp³-hybridized carbons (Fsp3) is 0.391. The van der Waals surface area contributed by atoms with Gasteiger partial charge >= 0.3 is 0 Å². The Kier molecular flexibility index (Phi) is 6.41. The fourth-order valence-electron chi connectivity index (χ4n) is 3.75. The lowest BCUT2D eigenvalue weighted by atomic mass is 10.1. The zero-order valence-corrected chi connectivity index (χ0v) is 18.2. The molecule has 2 aromatic carbocycles. The first kappa shape index (κ1) is 20.9. The van der Waals surface area contributed by atoms with Crippen LogP contribution in [0.3, 0.4) is 0 Å². The summed E-state index contributed by atoms with van der Waals surface area (Å²) in [5.41, 5.74) is 4.06. The molecule has 1 aromatic heterocycles. The maximum atomic E-state index is 13.3. The van der Waals surface area contributed by atoms with Gasteiger partial charge in [0, 0.05) is 26.2 Å². The number of ether oxygens (including phenoxy) is 1. The average Bonchev–Trinajstić information content (AvgIpc) is 3.14. The standard InChI is InChI=1S/C23H26FN3O2S/c1-16-13-17(2)22-20(14-16)25-23(30-22)27(8-7-26-9-11-29-12-10-26)21(28)15-18-3-5-19(24)6-4-18/h3-6,13-14H,7-12,15H2,1-2H3. The average molecular weight is 428 g/mol. The molecule has 2 heterocycles. The number of carbonyl (C=O) groups is 1. The fourth-order valence-corrected chi connectivity index (χ4v) is 4.80. The van der Waals surface area contributed by atoms with Crippen molar-refractivity contribution in [1.82, 2.24) is 9.88 Å². The zero-order valence-electron chi connectivity index (χ0n) is 17.4. The molecule has 0 N–H and O–H groups in total. The highest BCUT2D eigenvalue weighted by molar-refractivity contribution is 7.22. The monoisotopic (exact) mass is 427 g/mol. The lowest BCUT2D eigenvalue weighted by Crippen LogP contribution is -2.43. The summed E-state index contributed by atoms with van der Waals surface area (Å²) in [6.07, 6.45) is 0.220. The molecule has 158 valence electrons. The van der Waals surface area contributed by atoms with Crippen LogP contribution in [0.1, 0.15) is 16.7 Å². The first-order valence-electron chi connectivity index (χ1n) is 10.2. The molecule has 1 saturated heterocycles. The van der Waals surface area contributed by atoms with Crippen molar-refractivity contribution >= 4 is 32.6 Å². The van der Waals surface area contributed by atoms with Crippen molar-refractivity contribution in [3.63, 3.8) is 0 Å². The number of aryl methyl sites for hydroxylation is 2. The van der Waals surface area contributed by atoms with Crippen LogP contribution in [0.4, 0.5) is 9.52 Å². The molecular formula is C23H26FN3O2S. The minimum atomic E-state index is -0.299. The van der Waals surface area contributed by atoms with E-state index in [0.717, 1.165) is 59.3 Å². The molecule has 0 spiro atoms. The molecular weight excluding hydrogens is 401 g/mol. The molecule has 7 heteroatoms. The predicted molar refractivity (Wildman–Crippen MR) is 119 cm³/mol. The second kappa shape index (κ2) is 9.20. The molecule has 4 rings (SSSR count). The number of morpholine rings is 1. The lowest BCUT2D eigenvalue weighted by molar-refractivity contribution is -0.118. The third kappa shape index (κ3) is 4.86. The smallest absolute Gasteiger partial charge is 0.233 e. The maximum absolute atomic E-state index is 13.3. The second-order valence-corrected chi connectivity index (χ2v) is 8.71. The van der Waals surface area contributed by atoms with Crippen LogP contribution in [0.15, 0.2) is 36.4 Å². The van der Waals surface area contributed by atoms with Gasteiger partial charge in [-0.25, -0.2) is 9.37 Å². The SMILES string of the molecule is Cc1cc(C)c2sc(N(CCN3CCOCC3)C(=O)Cc3ccc(F)cc3)nc2c1. The number of carbonyl (C=O) groups excluding carboxylic acids is 1. The number of hydrogen-bond acceptors (Lipinski definition) is 5. The zero-order chi connectivity index (χ0) is 21.1. The number of nitrogens with zero attached hydrogens (tertiary/aromatic N) is 3. The van der Waals surface area contributed by atoms with Gasteiger partial charge in [0.2, 0.25) is 5.91 Å². The van der Waals surface area contributed by atoms with Crippen molar-refractivity contribution in [2.75, 3.05) is 44.3 Å². The van der Waals surface area contributed by atoms with Gasteiger partial charge in [0.05, 0.1) is 29.9 Å². The normalized spacial score (nSPS) is 14.9. The molecule has 1 amide bonds. The minimum absolute atomic E-state index is 0.0247. The van der Waals surface area contributed by atoms with Gasteiger partial charge in [0.1, 0.15) is 5.82 Å². The molecule has 5 nitrogen and oxygen atoms in total. The quantitative estimate of drug-likeness (QED) is 0.597. The number of aromatic nitrogens is 1. The number of halogens is 1. The van der Waals surface area contributed by atoms with Gasteiger partial charge in [0.25, 0.3) is 0 Å². The van der Waals surface area contributed by atoms with Crippen molar-refractivity contribution in [1.29, 1.82) is 0 Å². The number of amides is 1. The Bertz CT molecular complexity index is 1030. The van der Waals surface area contributed by atoms with Gasteiger partial charge in [-0.3, -0.25) is 14.6 Å². The molecule has 0 atom stereocenters. The molecule has 1 aliphatic rings. The Balaban J connectivity index is 1.59. The summed E-state index contributed by atoms with van der Waals surface area (Å²) in [5, 5.41) is 0.721. The largest absolute Gasteiger partial charge is 0.379 e. The van der Waals surface area contributed by atoms with E-state index in [1.807, 2.05) is 0 Å². The van der Waals surface area contributed by atoms with Crippen LogP contribution in [-0.4, -0.2) is 55.2 Å². The number of anilines is 1. The molecule has 1 fully saturated rings. The molecule has 1 aliphatic heterocycles. The van der Waals surface area contributed by atoms with Crippen LogP contribution in [0.2, 0.25) is 0 Å². The topological polar surface area (TPSA) is 45.7 Å². The number of fused-ring (bicyclic) bond motifs is 1. The molecule has 0 radical (unpaired) electrons. The van der Waals surface area contributed by atoms with Crippen molar-refractivity contribution in [2.24, 2.45) is 0 Å². The van der Waals surface area contributed by atoms with E-state index in [2.05, 4.69) is 30.9 Å². The third-order valence-corrected chi connectivity index (χ3v) is 6.58. The van der Waals surface area contributed by atoms with Crippen molar-refractivity contribution in [3.8, 4) is 0 Å². The summed E-state index contributed by atoms with van der Waals surface area (Å²) in [6.45, 7) is 8.67. The van der Waals surface area contributed by atoms with E-state index < -0.39 is 0 Å². The minimum Gasteiger partial charge on any atom is -0.379 e. The number of rotatable bonds is 6. The summed E-state index contributed by atoms with van der Waals surface area (Å²) >= 11 is 1.56. The number of hydrogen-bond donors (Lipinski definition) is 0. The molecule has 0 aliphatic carbocycles. The Labute approximate surface area is 180 Å². The molecule has 0 saturated carbocycles. The van der Waals surface area contributed by atoms with Crippen LogP contribution in [0.25, 0.3) is 10.2 Å². The van der Waals surface area contributed by atoms with Crippen molar-refractivity contribution in [3.05, 3.63) is 58.9 Å². The Hall–Kier alpha value is -2.35. The maximum Gasteiger partial charge on any atom is 0.233 e. The third-order valence-electron chi connectivity index (χ3n) is 5.35. The summed E-state index contributed by atoms with van der Waals surface area (Å²) in [5.74, 6) is -0.323. The molecule has 0 unspecified atom stereocenters. The van der Waals surface area contributed by atoms with E-state index in [4.69, 9.17) is 9.72 Å². The van der Waals surface area contributed by atoms with E-state index in [0.29, 0.717) is 6.54 Å². The summed E-state index contributed by atoms with van der Waals surface area (Å²) in [7, 11) is 0. The molecule has 0 bridgehead atoms. The summed E-state index contributed by atoms with van der Waals surface area (Å²) < 4.78 is 19.8. The Morgan fingerprint density at radius 3 is 2.67 bits per heavy atom. The highest BCUT2D eigenvalue weighted by Gasteiger charge is 2.22. The van der Waals surface area contributed by atoms with Gasteiger partial charge in [-0.1, -0.05) is 29.5 Å². The van der Waals surface area contributed by atoms with E-state index in [9.17, 15) is 9.18 Å². The van der Waals surface area contributed by atoms with Gasteiger partial charge in [-0.05, 0) is 48.7 Å². The van der Waals surface area contributed by atoms with Gasteiger partial charge in [-0.15, -0.1) is 0 Å². The lowest BCUT2D eigenvalue weighted by Gasteiger charge is -2.29. The highest BCUT2D eigenvalue weighted by atomic mass is 32.1. The first-order chi connectivity index (χ1) is 14.5. The summed E-state index contributed by atoms with van der Waals surface area (Å²) in [6, 6.07) is 10.3. The van der Waals surface area contributed by atoms with E-state index >= 15 is 0 Å². The van der Waals surface area contributed by atoms with Crippen LogP contribution < -0.4 is 4.90 Å². The van der Waals surface area contributed by atoms with E-state index in [1.165, 1.54) is 17.7 Å². The van der Waals surface area contributed by atoms with E-state index in [1.54, 1.807) is 28.4 Å². The first-order valence-corrected chi connectivity index (χ1v) is 11.0. The van der Waals surface area contributed by atoms with E-state index in [-0.39, 0.29) is 18.1 Å². The Morgan fingerprint density at radius 1 is 1.20 bits per heavy atom. The molecule has 30 heavy (non-hydrogen) atoms. The van der Waals surface area contributed by atoms with Crippen molar-refractivity contribution < 1.29 is 13.9 Å².